The summed E-state index contributed by atoms with van der Waals surface area (Å²) in [5, 5.41) is 19.3. The highest BCUT2D eigenvalue weighted by molar-refractivity contribution is 5.48. The van der Waals surface area contributed by atoms with E-state index in [9.17, 15) is 10.1 Å². The maximum atomic E-state index is 10.6. The number of aryl methyl sites for hydroxylation is 1. The molecule has 0 bridgehead atoms. The summed E-state index contributed by atoms with van der Waals surface area (Å²) in [6.07, 6.45) is 1.63. The van der Waals surface area contributed by atoms with E-state index in [0.717, 1.165) is 0 Å². The number of anilines is 1. The van der Waals surface area contributed by atoms with Crippen LogP contribution >= 0.6 is 0 Å². The molecule has 1 aromatic rings. The van der Waals surface area contributed by atoms with Crippen LogP contribution in [0.2, 0.25) is 0 Å². The first-order valence-corrected chi connectivity index (χ1v) is 5.18. The van der Waals surface area contributed by atoms with Crippen LogP contribution in [-0.2, 0) is 0 Å². The van der Waals surface area contributed by atoms with Crippen LogP contribution in [0.5, 0.6) is 0 Å². The lowest BCUT2D eigenvalue weighted by Gasteiger charge is -2.24. The van der Waals surface area contributed by atoms with E-state index in [1.807, 2.05) is 18.9 Å². The van der Waals surface area contributed by atoms with Crippen molar-refractivity contribution in [2.45, 2.75) is 26.3 Å². The summed E-state index contributed by atoms with van der Waals surface area (Å²) in [4.78, 5) is 16.1. The van der Waals surface area contributed by atoms with E-state index >= 15 is 0 Å². The summed E-state index contributed by atoms with van der Waals surface area (Å²) in [5.41, 5.74) is 0.575. The molecule has 0 aliphatic heterocycles. The van der Waals surface area contributed by atoms with E-state index in [1.165, 1.54) is 6.20 Å². The second-order valence-corrected chi connectivity index (χ2v) is 3.91. The molecule has 0 aliphatic rings. The van der Waals surface area contributed by atoms with E-state index in [-0.39, 0.29) is 11.7 Å². The summed E-state index contributed by atoms with van der Waals surface area (Å²) in [6, 6.07) is 3.77. The van der Waals surface area contributed by atoms with Crippen LogP contribution in [0, 0.1) is 28.4 Å². The van der Waals surface area contributed by atoms with Gasteiger partial charge in [-0.25, -0.2) is 4.98 Å². The van der Waals surface area contributed by atoms with Gasteiger partial charge >= 0.3 is 0 Å². The number of hydrogen-bond donors (Lipinski definition) is 0. The Labute approximate surface area is 99.6 Å². The molecule has 0 spiro atoms. The molecule has 1 rings (SSSR count). The molecule has 1 heterocycles. The summed E-state index contributed by atoms with van der Waals surface area (Å²) in [6.45, 7) is 3.58. The summed E-state index contributed by atoms with van der Waals surface area (Å²) < 4.78 is 0. The minimum Gasteiger partial charge on any atom is -0.356 e. The Hall–Kier alpha value is -2.16. The summed E-state index contributed by atoms with van der Waals surface area (Å²) in [5.74, 6) is 0.635. The maximum absolute atomic E-state index is 10.6. The predicted molar refractivity (Wildman–Crippen MR) is 63.7 cm³/mol. The van der Waals surface area contributed by atoms with Crippen molar-refractivity contribution in [1.82, 2.24) is 4.98 Å². The molecule has 0 amide bonds. The Balaban J connectivity index is 2.98. The van der Waals surface area contributed by atoms with Crippen LogP contribution in [0.1, 0.15) is 18.9 Å². The van der Waals surface area contributed by atoms with Gasteiger partial charge in [0, 0.05) is 18.7 Å². The van der Waals surface area contributed by atoms with Gasteiger partial charge in [0.2, 0.25) is 0 Å². The van der Waals surface area contributed by atoms with E-state index in [1.54, 1.807) is 13.0 Å². The standard InChI is InChI=1S/C11H14N4O2/c1-8-6-11(13-7-10(8)15(16)17)14(3)9(2)4-5-12/h6-7,9H,4H2,1-3H3. The van der Waals surface area contributed by atoms with Crippen molar-refractivity contribution in [2.24, 2.45) is 0 Å². The van der Waals surface area contributed by atoms with Crippen molar-refractivity contribution in [3.8, 4) is 6.07 Å². The van der Waals surface area contributed by atoms with Gasteiger partial charge < -0.3 is 4.90 Å². The highest BCUT2D eigenvalue weighted by atomic mass is 16.6. The second kappa shape index (κ2) is 5.25. The van der Waals surface area contributed by atoms with E-state index < -0.39 is 4.92 Å². The fourth-order valence-corrected chi connectivity index (χ4v) is 1.41. The van der Waals surface area contributed by atoms with Crippen LogP contribution in [-0.4, -0.2) is 23.0 Å². The molecule has 0 fully saturated rings. The first kappa shape index (κ1) is 12.9. The zero-order valence-electron chi connectivity index (χ0n) is 10.0. The Kier molecular flexibility index (Phi) is 3.99. The highest BCUT2D eigenvalue weighted by Gasteiger charge is 2.15. The van der Waals surface area contributed by atoms with E-state index in [2.05, 4.69) is 11.1 Å². The Morgan fingerprint density at radius 3 is 2.82 bits per heavy atom. The largest absolute Gasteiger partial charge is 0.356 e. The number of aromatic nitrogens is 1. The molecule has 6 nitrogen and oxygen atoms in total. The lowest BCUT2D eigenvalue weighted by molar-refractivity contribution is -0.385. The van der Waals surface area contributed by atoms with Crippen molar-refractivity contribution in [3.05, 3.63) is 27.9 Å². The normalized spacial score (nSPS) is 11.6. The van der Waals surface area contributed by atoms with Crippen molar-refractivity contribution in [1.29, 1.82) is 5.26 Å². The lowest BCUT2D eigenvalue weighted by Crippen LogP contribution is -2.29. The summed E-state index contributed by atoms with van der Waals surface area (Å²) in [7, 11) is 1.82. The quantitative estimate of drug-likeness (QED) is 0.588. The Morgan fingerprint density at radius 2 is 2.35 bits per heavy atom. The van der Waals surface area contributed by atoms with Crippen molar-refractivity contribution < 1.29 is 4.92 Å². The van der Waals surface area contributed by atoms with E-state index in [0.29, 0.717) is 17.8 Å². The van der Waals surface area contributed by atoms with Crippen molar-refractivity contribution in [3.63, 3.8) is 0 Å². The molecular weight excluding hydrogens is 220 g/mol. The molecule has 1 unspecified atom stereocenters. The maximum Gasteiger partial charge on any atom is 0.290 e. The number of nitro groups is 1. The fourth-order valence-electron chi connectivity index (χ4n) is 1.41. The number of nitrogens with zero attached hydrogens (tertiary/aromatic N) is 4. The monoisotopic (exact) mass is 234 g/mol. The first-order valence-electron chi connectivity index (χ1n) is 5.18. The third-order valence-corrected chi connectivity index (χ3v) is 2.67. The number of pyridine rings is 1. The van der Waals surface area contributed by atoms with Gasteiger partial charge in [0.15, 0.2) is 0 Å². The molecule has 0 radical (unpaired) electrons. The van der Waals surface area contributed by atoms with Gasteiger partial charge in [-0.2, -0.15) is 5.26 Å². The molecule has 1 aromatic heterocycles. The third kappa shape index (κ3) is 2.91. The smallest absolute Gasteiger partial charge is 0.290 e. The van der Waals surface area contributed by atoms with Gasteiger partial charge in [-0.05, 0) is 19.9 Å². The Bertz CT molecular complexity index is 467. The van der Waals surface area contributed by atoms with Gasteiger partial charge in [-0.15, -0.1) is 0 Å². The molecule has 1 atom stereocenters. The Morgan fingerprint density at radius 1 is 1.71 bits per heavy atom. The topological polar surface area (TPSA) is 83.1 Å². The molecular formula is C11H14N4O2. The number of hydrogen-bond acceptors (Lipinski definition) is 5. The number of nitriles is 1. The molecule has 17 heavy (non-hydrogen) atoms. The molecule has 6 heteroatoms. The highest BCUT2D eigenvalue weighted by Crippen LogP contribution is 2.22. The van der Waals surface area contributed by atoms with Crippen LogP contribution in [0.25, 0.3) is 0 Å². The molecule has 0 saturated heterocycles. The van der Waals surface area contributed by atoms with Gasteiger partial charge in [-0.3, -0.25) is 10.1 Å². The molecule has 90 valence electrons. The predicted octanol–water partition coefficient (Wildman–Crippen LogP) is 2.04. The fraction of sp³-hybridized carbons (Fsp3) is 0.455. The van der Waals surface area contributed by atoms with Gasteiger partial charge in [0.05, 0.1) is 17.4 Å². The lowest BCUT2D eigenvalue weighted by atomic mass is 10.2. The average molecular weight is 234 g/mol. The average Bonchev–Trinajstić information content (AvgIpc) is 2.27. The molecule has 0 N–H and O–H groups in total. The SMILES string of the molecule is Cc1cc(N(C)C(C)CC#N)ncc1[N+](=O)[O-]. The van der Waals surface area contributed by atoms with Gasteiger partial charge in [0.1, 0.15) is 12.0 Å². The molecule has 0 saturated carbocycles. The summed E-state index contributed by atoms with van der Waals surface area (Å²) >= 11 is 0. The molecule has 0 aromatic carbocycles. The third-order valence-electron chi connectivity index (χ3n) is 2.67. The zero-order chi connectivity index (χ0) is 13.0. The first-order chi connectivity index (χ1) is 7.97. The van der Waals surface area contributed by atoms with Gasteiger partial charge in [0.25, 0.3) is 5.69 Å². The van der Waals surface area contributed by atoms with Crippen LogP contribution in [0.15, 0.2) is 12.3 Å². The minimum atomic E-state index is -0.454. The second-order valence-electron chi connectivity index (χ2n) is 3.91. The molecule has 0 aliphatic carbocycles. The zero-order valence-corrected chi connectivity index (χ0v) is 10.0. The van der Waals surface area contributed by atoms with Crippen molar-refractivity contribution in [2.75, 3.05) is 11.9 Å². The number of rotatable bonds is 4. The van der Waals surface area contributed by atoms with E-state index in [4.69, 9.17) is 5.26 Å². The van der Waals surface area contributed by atoms with Crippen molar-refractivity contribution >= 4 is 11.5 Å². The van der Waals surface area contributed by atoms with Crippen LogP contribution < -0.4 is 4.90 Å². The minimum absolute atomic E-state index is 0.00934. The van der Waals surface area contributed by atoms with Crippen LogP contribution in [0.3, 0.4) is 0 Å². The van der Waals surface area contributed by atoms with Gasteiger partial charge in [-0.1, -0.05) is 0 Å². The van der Waals surface area contributed by atoms with Crippen LogP contribution in [0.4, 0.5) is 11.5 Å².